The number of nitrogens with zero attached hydrogens (tertiary/aromatic N) is 3. The number of hydrogen-bond donors (Lipinski definition) is 2. The van der Waals surface area contributed by atoms with Gasteiger partial charge in [-0.25, -0.2) is 9.97 Å². The van der Waals surface area contributed by atoms with Crippen LogP contribution >= 0.6 is 11.3 Å². The van der Waals surface area contributed by atoms with Gasteiger partial charge in [-0.3, -0.25) is 4.57 Å². The van der Waals surface area contributed by atoms with Gasteiger partial charge in [0.2, 0.25) is 0 Å². The fourth-order valence-corrected chi connectivity index (χ4v) is 3.57. The Balaban J connectivity index is 1.84. The predicted molar refractivity (Wildman–Crippen MR) is 91.9 cm³/mol. The van der Waals surface area contributed by atoms with Crippen molar-refractivity contribution < 1.29 is 5.11 Å². The molecule has 23 heavy (non-hydrogen) atoms. The summed E-state index contributed by atoms with van der Waals surface area (Å²) < 4.78 is 2.07. The molecule has 0 aliphatic carbocycles. The molecule has 4 rings (SSSR count). The Labute approximate surface area is 137 Å². The number of rotatable bonds is 3. The van der Waals surface area contributed by atoms with E-state index < -0.39 is 6.10 Å². The summed E-state index contributed by atoms with van der Waals surface area (Å²) in [4.78, 5) is 13.3. The van der Waals surface area contributed by atoms with E-state index in [-0.39, 0.29) is 0 Å². The van der Waals surface area contributed by atoms with Gasteiger partial charge in [0.1, 0.15) is 11.9 Å². The number of hydrogen-bond acceptors (Lipinski definition) is 4. The molecule has 4 aromatic rings. The number of aromatic amines is 1. The average Bonchev–Trinajstić information content (AvgIpc) is 3.24. The molecule has 0 saturated heterocycles. The summed E-state index contributed by atoms with van der Waals surface area (Å²) >= 11 is 1.69. The minimum absolute atomic E-state index is 0.581. The van der Waals surface area contributed by atoms with Crippen LogP contribution in [0, 0.1) is 6.92 Å². The molecule has 0 radical (unpaired) electrons. The number of aliphatic hydroxyl groups excluding tert-OH is 1. The monoisotopic (exact) mass is 324 g/mol. The van der Waals surface area contributed by atoms with E-state index in [0.717, 1.165) is 22.5 Å². The first-order valence-electron chi connectivity index (χ1n) is 7.39. The summed E-state index contributed by atoms with van der Waals surface area (Å²) in [5, 5.41) is 11.8. The normalized spacial score (nSPS) is 12.8. The molecular weight excluding hydrogens is 308 g/mol. The van der Waals surface area contributed by atoms with Gasteiger partial charge in [-0.2, -0.15) is 0 Å². The quantitative estimate of drug-likeness (QED) is 0.602. The Morgan fingerprint density at radius 1 is 1.30 bits per heavy atom. The van der Waals surface area contributed by atoms with Crippen molar-refractivity contribution in [2.45, 2.75) is 20.0 Å². The first-order valence-corrected chi connectivity index (χ1v) is 8.27. The molecule has 0 spiro atoms. The van der Waals surface area contributed by atoms with Crippen LogP contribution in [0.4, 0.5) is 0 Å². The Bertz CT molecular complexity index is 979. The topological polar surface area (TPSA) is 66.7 Å². The average molecular weight is 324 g/mol. The van der Waals surface area contributed by atoms with Crippen molar-refractivity contribution >= 4 is 22.4 Å². The second-order valence-corrected chi connectivity index (χ2v) is 6.47. The third-order valence-electron chi connectivity index (χ3n) is 3.86. The van der Waals surface area contributed by atoms with Crippen LogP contribution < -0.4 is 0 Å². The molecule has 6 heteroatoms. The molecule has 1 atom stereocenters. The Kier molecular flexibility index (Phi) is 3.28. The van der Waals surface area contributed by atoms with Crippen LogP contribution in [0.25, 0.3) is 27.4 Å². The summed E-state index contributed by atoms with van der Waals surface area (Å²) in [5.74, 6) is 1.52. The van der Waals surface area contributed by atoms with Gasteiger partial charge in [0.15, 0.2) is 5.82 Å². The lowest BCUT2D eigenvalue weighted by Gasteiger charge is -2.07. The zero-order chi connectivity index (χ0) is 16.0. The number of imidazole rings is 2. The van der Waals surface area contributed by atoms with E-state index in [1.807, 2.05) is 30.6 Å². The second-order valence-electron chi connectivity index (χ2n) is 5.55. The number of fused-ring (bicyclic) bond motifs is 1. The van der Waals surface area contributed by atoms with Gasteiger partial charge < -0.3 is 10.1 Å². The van der Waals surface area contributed by atoms with Crippen LogP contribution in [0.3, 0.4) is 0 Å². The third kappa shape index (κ3) is 2.36. The van der Waals surface area contributed by atoms with Crippen molar-refractivity contribution in [1.82, 2.24) is 19.5 Å². The van der Waals surface area contributed by atoms with Gasteiger partial charge in [-0.15, -0.1) is 11.3 Å². The zero-order valence-corrected chi connectivity index (χ0v) is 13.6. The molecule has 0 aliphatic rings. The van der Waals surface area contributed by atoms with Crippen LogP contribution in [0.2, 0.25) is 0 Å². The van der Waals surface area contributed by atoms with Gasteiger partial charge in [-0.1, -0.05) is 0 Å². The van der Waals surface area contributed by atoms with E-state index in [2.05, 4.69) is 37.9 Å². The van der Waals surface area contributed by atoms with Crippen molar-refractivity contribution in [3.8, 4) is 16.4 Å². The Morgan fingerprint density at radius 3 is 2.91 bits per heavy atom. The van der Waals surface area contributed by atoms with Crippen molar-refractivity contribution in [3.05, 3.63) is 53.4 Å². The van der Waals surface area contributed by atoms with Gasteiger partial charge >= 0.3 is 0 Å². The maximum absolute atomic E-state index is 9.67. The van der Waals surface area contributed by atoms with E-state index in [1.165, 1.54) is 10.4 Å². The summed E-state index contributed by atoms with van der Waals surface area (Å²) in [5.41, 5.74) is 3.99. The molecule has 3 heterocycles. The Hall–Kier alpha value is -2.44. The lowest BCUT2D eigenvalue weighted by atomic mass is 10.2. The minimum Gasteiger partial charge on any atom is -0.385 e. The highest BCUT2D eigenvalue weighted by Crippen LogP contribution is 2.30. The summed E-state index contributed by atoms with van der Waals surface area (Å²) in [6.45, 7) is 3.80. The van der Waals surface area contributed by atoms with Crippen LogP contribution in [-0.2, 0) is 0 Å². The molecule has 0 unspecified atom stereocenters. The molecule has 1 aromatic carbocycles. The summed E-state index contributed by atoms with van der Waals surface area (Å²) in [7, 11) is 0. The van der Waals surface area contributed by atoms with E-state index >= 15 is 0 Å². The second kappa shape index (κ2) is 5.33. The highest BCUT2D eigenvalue weighted by Gasteiger charge is 2.13. The number of aromatic nitrogens is 4. The van der Waals surface area contributed by atoms with Gasteiger partial charge in [0.25, 0.3) is 0 Å². The van der Waals surface area contributed by atoms with Crippen LogP contribution in [0.15, 0.2) is 42.0 Å². The number of nitrogens with one attached hydrogen (secondary N) is 1. The molecule has 3 aromatic heterocycles. The smallest absolute Gasteiger partial charge is 0.154 e. The molecule has 116 valence electrons. The lowest BCUT2D eigenvalue weighted by molar-refractivity contribution is 0.190. The largest absolute Gasteiger partial charge is 0.385 e. The fourth-order valence-electron chi connectivity index (χ4n) is 2.65. The molecule has 0 amide bonds. The molecule has 0 saturated carbocycles. The third-order valence-corrected chi connectivity index (χ3v) is 4.88. The molecule has 5 nitrogen and oxygen atoms in total. The maximum Gasteiger partial charge on any atom is 0.154 e. The Morgan fingerprint density at radius 2 is 2.17 bits per heavy atom. The van der Waals surface area contributed by atoms with Gasteiger partial charge in [0, 0.05) is 18.1 Å². The van der Waals surface area contributed by atoms with Crippen LogP contribution in [-0.4, -0.2) is 24.6 Å². The predicted octanol–water partition coefficient (Wildman–Crippen LogP) is 3.84. The number of benzene rings is 1. The minimum atomic E-state index is -0.608. The maximum atomic E-state index is 9.67. The van der Waals surface area contributed by atoms with Crippen molar-refractivity contribution in [2.24, 2.45) is 0 Å². The van der Waals surface area contributed by atoms with E-state index in [9.17, 15) is 5.11 Å². The van der Waals surface area contributed by atoms with Crippen LogP contribution in [0.1, 0.15) is 24.4 Å². The van der Waals surface area contributed by atoms with Crippen LogP contribution in [0.5, 0.6) is 0 Å². The molecule has 0 bridgehead atoms. The molecule has 2 N–H and O–H groups in total. The SMILES string of the molecule is Cc1ccsc1-c1nccn1-c1ccc2nc([C@H](C)O)[nH]c2c1. The molecular formula is C17H16N4OS. The standard InChI is InChI=1S/C17H16N4OS/c1-10-5-8-23-15(10)17-18-6-7-21(17)12-3-4-13-14(9-12)20-16(19-13)11(2)22/h3-9,11,22H,1-2H3,(H,19,20)/t11-/m0/s1. The first-order chi connectivity index (χ1) is 11.1. The number of aryl methyl sites for hydroxylation is 1. The summed E-state index contributed by atoms with van der Waals surface area (Å²) in [6.07, 6.45) is 3.16. The van der Waals surface area contributed by atoms with E-state index in [0.29, 0.717) is 5.82 Å². The van der Waals surface area contributed by atoms with E-state index in [1.54, 1.807) is 18.3 Å². The number of aliphatic hydroxyl groups is 1. The molecule has 0 fully saturated rings. The fraction of sp³-hybridized carbons (Fsp3) is 0.176. The number of thiophene rings is 1. The number of H-pyrrole nitrogens is 1. The highest BCUT2D eigenvalue weighted by molar-refractivity contribution is 7.13. The van der Waals surface area contributed by atoms with Crippen molar-refractivity contribution in [2.75, 3.05) is 0 Å². The first kappa shape index (κ1) is 14.2. The molecule has 0 aliphatic heterocycles. The van der Waals surface area contributed by atoms with Crippen molar-refractivity contribution in [3.63, 3.8) is 0 Å². The van der Waals surface area contributed by atoms with E-state index in [4.69, 9.17) is 0 Å². The highest BCUT2D eigenvalue weighted by atomic mass is 32.1. The van der Waals surface area contributed by atoms with Gasteiger partial charge in [0.05, 0.1) is 15.9 Å². The summed E-state index contributed by atoms with van der Waals surface area (Å²) in [6, 6.07) is 8.11. The van der Waals surface area contributed by atoms with Crippen molar-refractivity contribution in [1.29, 1.82) is 0 Å². The lowest BCUT2D eigenvalue weighted by Crippen LogP contribution is -1.95. The zero-order valence-electron chi connectivity index (χ0n) is 12.8. The van der Waals surface area contributed by atoms with Gasteiger partial charge in [-0.05, 0) is 49.1 Å².